The molecule has 2 amide bonds. The second-order valence-corrected chi connectivity index (χ2v) is 3.21. The highest BCUT2D eigenvalue weighted by molar-refractivity contribution is 5.74. The zero-order chi connectivity index (χ0) is 11.3. The molecule has 0 radical (unpaired) electrons. The summed E-state index contributed by atoms with van der Waals surface area (Å²) >= 11 is 0. The summed E-state index contributed by atoms with van der Waals surface area (Å²) < 4.78 is 5.15. The number of morpholine rings is 1. The fourth-order valence-corrected chi connectivity index (χ4v) is 1.25. The molecule has 0 aromatic rings. The van der Waals surface area contributed by atoms with E-state index in [2.05, 4.69) is 10.3 Å². The van der Waals surface area contributed by atoms with Crippen LogP contribution in [0.3, 0.4) is 0 Å². The topological polar surface area (TPSA) is 88.1 Å². The first kappa shape index (κ1) is 11.7. The highest BCUT2D eigenvalue weighted by Crippen LogP contribution is 2.05. The molecule has 1 fully saturated rings. The Hall–Kier alpha value is -1.34. The van der Waals surface area contributed by atoms with Crippen LogP contribution in [0.15, 0.2) is 0 Å². The molecule has 1 aliphatic rings. The predicted molar refractivity (Wildman–Crippen MR) is 49.1 cm³/mol. The molecule has 0 aromatic heterocycles. The van der Waals surface area contributed by atoms with Crippen molar-refractivity contribution in [2.45, 2.75) is 13.0 Å². The van der Waals surface area contributed by atoms with Crippen LogP contribution in [0.25, 0.3) is 0 Å². The largest absolute Gasteiger partial charge is 0.479 e. The summed E-state index contributed by atoms with van der Waals surface area (Å²) in [5, 5.41) is 8.28. The number of rotatable bonds is 3. The van der Waals surface area contributed by atoms with Crippen molar-refractivity contribution in [2.24, 2.45) is 0 Å². The van der Waals surface area contributed by atoms with Crippen LogP contribution in [0.4, 0.5) is 4.79 Å². The van der Waals surface area contributed by atoms with Crippen LogP contribution in [-0.2, 0) is 14.4 Å². The summed E-state index contributed by atoms with van der Waals surface area (Å²) in [6.07, 6.45) is 0. The summed E-state index contributed by atoms with van der Waals surface area (Å²) in [5.41, 5.74) is 2.06. The van der Waals surface area contributed by atoms with E-state index >= 15 is 0 Å². The van der Waals surface area contributed by atoms with Gasteiger partial charge in [-0.2, -0.15) is 0 Å². The van der Waals surface area contributed by atoms with Gasteiger partial charge in [-0.15, -0.1) is 0 Å². The number of amides is 2. The average Bonchev–Trinajstić information content (AvgIpc) is 2.17. The van der Waals surface area contributed by atoms with Crippen LogP contribution in [0, 0.1) is 0 Å². The Balaban J connectivity index is 2.29. The fraction of sp³-hybridized carbons (Fsp3) is 0.750. The van der Waals surface area contributed by atoms with Crippen molar-refractivity contribution in [2.75, 3.05) is 26.4 Å². The molecule has 0 saturated carbocycles. The minimum Gasteiger partial charge on any atom is -0.479 e. The summed E-state index contributed by atoms with van der Waals surface area (Å²) in [7, 11) is 0. The van der Waals surface area contributed by atoms with E-state index in [9.17, 15) is 9.59 Å². The minimum atomic E-state index is -1.13. The Morgan fingerprint density at radius 3 is 3.00 bits per heavy atom. The fourth-order valence-electron chi connectivity index (χ4n) is 1.25. The Morgan fingerprint density at radius 2 is 2.40 bits per heavy atom. The van der Waals surface area contributed by atoms with Crippen molar-refractivity contribution in [1.29, 1.82) is 0 Å². The standard InChI is InChI=1S/C8H14N2O5/c1-6-4-14-3-2-10(6)8(13)9-15-5-7(11)12/h6H,2-5H2,1H3,(H,9,13)(H,11,12). The first-order chi connectivity index (χ1) is 7.11. The number of urea groups is 1. The lowest BCUT2D eigenvalue weighted by atomic mass is 10.3. The predicted octanol–water partition coefficient (Wildman–Crippen LogP) is -0.567. The normalized spacial score (nSPS) is 21.1. The van der Waals surface area contributed by atoms with E-state index in [4.69, 9.17) is 9.84 Å². The molecule has 2 N–H and O–H groups in total. The van der Waals surface area contributed by atoms with Crippen LogP contribution >= 0.6 is 0 Å². The number of carbonyl (C=O) groups is 2. The van der Waals surface area contributed by atoms with Crippen LogP contribution in [0.5, 0.6) is 0 Å². The molecule has 1 atom stereocenters. The van der Waals surface area contributed by atoms with Crippen molar-refractivity contribution in [1.82, 2.24) is 10.4 Å². The number of carbonyl (C=O) groups excluding carboxylic acids is 1. The zero-order valence-corrected chi connectivity index (χ0v) is 8.43. The monoisotopic (exact) mass is 218 g/mol. The molecule has 0 bridgehead atoms. The number of hydrogen-bond donors (Lipinski definition) is 2. The van der Waals surface area contributed by atoms with Crippen molar-refractivity contribution in [3.05, 3.63) is 0 Å². The van der Waals surface area contributed by atoms with Gasteiger partial charge in [0.05, 0.1) is 19.3 Å². The van der Waals surface area contributed by atoms with Gasteiger partial charge in [0.2, 0.25) is 0 Å². The SMILES string of the molecule is CC1COCCN1C(=O)NOCC(=O)O. The van der Waals surface area contributed by atoms with Gasteiger partial charge in [0, 0.05) is 6.54 Å². The Morgan fingerprint density at radius 1 is 1.67 bits per heavy atom. The third kappa shape index (κ3) is 3.72. The minimum absolute atomic E-state index is 0.0350. The average molecular weight is 218 g/mol. The number of ether oxygens (including phenoxy) is 1. The number of carboxylic acid groups (broad SMARTS) is 1. The third-order valence-electron chi connectivity index (χ3n) is 1.98. The first-order valence-electron chi connectivity index (χ1n) is 4.59. The molecular weight excluding hydrogens is 204 g/mol. The second-order valence-electron chi connectivity index (χ2n) is 3.21. The molecule has 0 spiro atoms. The zero-order valence-electron chi connectivity index (χ0n) is 8.43. The van der Waals surface area contributed by atoms with E-state index in [0.29, 0.717) is 19.8 Å². The maximum Gasteiger partial charge on any atom is 0.341 e. The number of hydroxylamine groups is 1. The van der Waals surface area contributed by atoms with Gasteiger partial charge in [-0.25, -0.2) is 15.1 Å². The van der Waals surface area contributed by atoms with Crippen LogP contribution in [-0.4, -0.2) is 54.4 Å². The van der Waals surface area contributed by atoms with E-state index in [0.717, 1.165) is 0 Å². The number of nitrogens with one attached hydrogen (secondary N) is 1. The van der Waals surface area contributed by atoms with Gasteiger partial charge in [0.1, 0.15) is 0 Å². The molecule has 1 rings (SSSR count). The second kappa shape index (κ2) is 5.52. The van der Waals surface area contributed by atoms with Crippen LogP contribution in [0.1, 0.15) is 6.92 Å². The van der Waals surface area contributed by atoms with Gasteiger partial charge in [0.25, 0.3) is 0 Å². The van der Waals surface area contributed by atoms with Gasteiger partial charge >= 0.3 is 12.0 Å². The van der Waals surface area contributed by atoms with Crippen molar-refractivity contribution >= 4 is 12.0 Å². The number of nitrogens with zero attached hydrogens (tertiary/aromatic N) is 1. The van der Waals surface area contributed by atoms with E-state index in [-0.39, 0.29) is 6.04 Å². The van der Waals surface area contributed by atoms with Crippen molar-refractivity contribution in [3.8, 4) is 0 Å². The Bertz CT molecular complexity index is 245. The molecule has 0 aliphatic carbocycles. The van der Waals surface area contributed by atoms with Gasteiger partial charge in [-0.3, -0.25) is 4.84 Å². The van der Waals surface area contributed by atoms with E-state index in [1.54, 1.807) is 0 Å². The molecule has 0 aromatic carbocycles. The maximum atomic E-state index is 11.4. The Labute approximate surface area is 86.9 Å². The number of hydrogen-bond acceptors (Lipinski definition) is 4. The molecule has 1 aliphatic heterocycles. The van der Waals surface area contributed by atoms with Crippen LogP contribution < -0.4 is 5.48 Å². The lowest BCUT2D eigenvalue weighted by Gasteiger charge is -2.32. The summed E-state index contributed by atoms with van der Waals surface area (Å²) in [6.45, 7) is 2.73. The first-order valence-corrected chi connectivity index (χ1v) is 4.59. The molecule has 1 saturated heterocycles. The van der Waals surface area contributed by atoms with Crippen LogP contribution in [0.2, 0.25) is 0 Å². The van der Waals surface area contributed by atoms with Gasteiger partial charge in [-0.1, -0.05) is 0 Å². The molecule has 15 heavy (non-hydrogen) atoms. The number of carboxylic acids is 1. The molecule has 7 nitrogen and oxygen atoms in total. The molecule has 1 unspecified atom stereocenters. The van der Waals surface area contributed by atoms with Crippen molar-refractivity contribution < 1.29 is 24.3 Å². The lowest BCUT2D eigenvalue weighted by Crippen LogP contribution is -2.51. The van der Waals surface area contributed by atoms with E-state index in [1.807, 2.05) is 6.92 Å². The van der Waals surface area contributed by atoms with Gasteiger partial charge < -0.3 is 14.7 Å². The lowest BCUT2D eigenvalue weighted by molar-refractivity contribution is -0.144. The quantitative estimate of drug-likeness (QED) is 0.619. The highest BCUT2D eigenvalue weighted by Gasteiger charge is 2.23. The smallest absolute Gasteiger partial charge is 0.341 e. The molecular formula is C8H14N2O5. The molecule has 7 heteroatoms. The molecule has 86 valence electrons. The highest BCUT2D eigenvalue weighted by atomic mass is 16.7. The molecule has 1 heterocycles. The maximum absolute atomic E-state index is 11.4. The van der Waals surface area contributed by atoms with E-state index in [1.165, 1.54) is 4.90 Å². The van der Waals surface area contributed by atoms with Gasteiger partial charge in [0.15, 0.2) is 6.61 Å². The Kier molecular flexibility index (Phi) is 4.32. The third-order valence-corrected chi connectivity index (χ3v) is 1.98. The summed E-state index contributed by atoms with van der Waals surface area (Å²) in [6, 6.07) is -0.473. The van der Waals surface area contributed by atoms with Gasteiger partial charge in [-0.05, 0) is 6.92 Å². The van der Waals surface area contributed by atoms with E-state index < -0.39 is 18.6 Å². The summed E-state index contributed by atoms with van der Waals surface area (Å²) in [5.74, 6) is -1.13. The van der Waals surface area contributed by atoms with Crippen molar-refractivity contribution in [3.63, 3.8) is 0 Å². The summed E-state index contributed by atoms with van der Waals surface area (Å²) in [4.78, 5) is 27.6. The number of aliphatic carboxylic acids is 1.